The van der Waals surface area contributed by atoms with Gasteiger partial charge in [-0.15, -0.1) is 0 Å². The molecule has 152 valence electrons. The van der Waals surface area contributed by atoms with Gasteiger partial charge in [0.15, 0.2) is 0 Å². The Hall–Kier alpha value is 2.34. The quantitative estimate of drug-likeness (QED) is 0.431. The van der Waals surface area contributed by atoms with Crippen molar-refractivity contribution in [3.05, 3.63) is 0 Å². The molecule has 0 heterocycles. The molecule has 0 fully saturated rings. The molecule has 0 aliphatic rings. The van der Waals surface area contributed by atoms with Crippen molar-refractivity contribution in [2.75, 3.05) is 14.2 Å². The van der Waals surface area contributed by atoms with Crippen molar-refractivity contribution < 1.29 is 125 Å². The standard InChI is InChI=1S/C5H11NO2.C3H6O2.2C2H6.2CH4.5W/c1-4-5(7)6(2)8-3;1-2-3(4)5;2*1-2;;;;;;;/h4H2,1-3H3;2H2,1H3,(H,4,5);2*1-2H3;2*1H4;;;;;. The van der Waals surface area contributed by atoms with Crippen LogP contribution in [0.25, 0.3) is 0 Å². The van der Waals surface area contributed by atoms with E-state index in [4.69, 9.17) is 5.11 Å². The van der Waals surface area contributed by atoms with E-state index < -0.39 is 5.97 Å². The van der Waals surface area contributed by atoms with Gasteiger partial charge in [-0.25, -0.2) is 5.06 Å². The third-order valence-corrected chi connectivity index (χ3v) is 1.23. The van der Waals surface area contributed by atoms with Crippen molar-refractivity contribution in [3.8, 4) is 0 Å². The molecule has 0 radical (unpaired) electrons. The van der Waals surface area contributed by atoms with Gasteiger partial charge in [0.2, 0.25) is 5.91 Å². The Kier molecular flexibility index (Phi) is 219. The molecule has 1 N–H and O–H groups in total. The Morgan fingerprint density at radius 2 is 1.04 bits per heavy atom. The molecule has 0 rings (SSSR count). The Bertz CT molecular complexity index is 179. The van der Waals surface area contributed by atoms with E-state index in [1.165, 1.54) is 12.2 Å². The van der Waals surface area contributed by atoms with Crippen LogP contribution < -0.4 is 0 Å². The number of hydrogen-bond donors (Lipinski definition) is 1. The number of carboxylic acid groups (broad SMARTS) is 1. The van der Waals surface area contributed by atoms with E-state index in [9.17, 15) is 9.59 Å². The molecule has 0 aromatic heterocycles. The van der Waals surface area contributed by atoms with Crippen LogP contribution in [0.4, 0.5) is 0 Å². The average Bonchev–Trinajstić information content (AvgIpc) is 2.41. The normalized spacial score (nSPS) is 5.00. The topological polar surface area (TPSA) is 66.8 Å². The summed E-state index contributed by atoms with van der Waals surface area (Å²) in [5, 5.41) is 8.93. The molecule has 0 aliphatic heterocycles. The Balaban J connectivity index is -0.0000000107. The van der Waals surface area contributed by atoms with Gasteiger partial charge < -0.3 is 5.11 Å². The molecule has 5 nitrogen and oxygen atoms in total. The van der Waals surface area contributed by atoms with Gasteiger partial charge in [0.1, 0.15) is 0 Å². The number of carboxylic acids is 1. The second-order valence-corrected chi connectivity index (χ2v) is 2.17. The molecule has 1 amide bonds. The zero-order valence-corrected chi connectivity index (χ0v) is 29.2. The summed E-state index contributed by atoms with van der Waals surface area (Å²) in [7, 11) is 3.05. The fourth-order valence-electron chi connectivity index (χ4n) is 0.324. The van der Waals surface area contributed by atoms with Crippen molar-refractivity contribution in [3.63, 3.8) is 0 Å². The Morgan fingerprint density at radius 3 is 1.08 bits per heavy atom. The summed E-state index contributed by atoms with van der Waals surface area (Å²) >= 11 is 0. The van der Waals surface area contributed by atoms with Gasteiger partial charge in [-0.3, -0.25) is 14.4 Å². The molecule has 0 aliphatic carbocycles. The predicted molar refractivity (Wildman–Crippen MR) is 84.2 cm³/mol. The second-order valence-electron chi connectivity index (χ2n) is 2.17. The number of amides is 1. The minimum Gasteiger partial charge on any atom is -0.481 e. The SMILES string of the molecule is C.C.CC.CC.CCC(=O)N(C)OC.CCC(=O)O.[W].[W].[W].[W].[W]. The molecule has 0 bridgehead atoms. The monoisotopic (exact) mass is 1200 g/mol. The first-order chi connectivity index (χ1) is 7.99. The summed E-state index contributed by atoms with van der Waals surface area (Å²) in [4.78, 5) is 24.5. The van der Waals surface area contributed by atoms with E-state index in [2.05, 4.69) is 4.84 Å². The van der Waals surface area contributed by atoms with Crippen molar-refractivity contribution >= 4 is 11.9 Å². The van der Waals surface area contributed by atoms with Crippen LogP contribution in [-0.4, -0.2) is 36.2 Å². The molecule has 24 heavy (non-hydrogen) atoms. The third kappa shape index (κ3) is 87.1. The maximum Gasteiger partial charge on any atom is 0.303 e. The summed E-state index contributed by atoms with van der Waals surface area (Å²) in [5.41, 5.74) is 0. The van der Waals surface area contributed by atoms with E-state index in [0.717, 1.165) is 0 Å². The van der Waals surface area contributed by atoms with Crippen LogP contribution in [-0.2, 0) is 120 Å². The maximum atomic E-state index is 10.5. The fraction of sp³-hybridized carbons (Fsp3) is 0.857. The van der Waals surface area contributed by atoms with Crippen LogP contribution in [0.3, 0.4) is 0 Å². The first kappa shape index (κ1) is 71.9. The molecule has 0 unspecified atom stereocenters. The van der Waals surface area contributed by atoms with Gasteiger partial charge in [0.05, 0.1) is 7.11 Å². The number of rotatable bonds is 3. The van der Waals surface area contributed by atoms with Gasteiger partial charge in [-0.1, -0.05) is 56.4 Å². The molecule has 0 saturated heterocycles. The second kappa shape index (κ2) is 73.0. The van der Waals surface area contributed by atoms with Gasteiger partial charge in [0, 0.05) is 125 Å². The summed E-state index contributed by atoms with van der Waals surface area (Å²) in [6.45, 7) is 11.4. The van der Waals surface area contributed by atoms with Crippen LogP contribution >= 0.6 is 0 Å². The van der Waals surface area contributed by atoms with E-state index >= 15 is 0 Å². The number of hydrogen-bond acceptors (Lipinski definition) is 3. The van der Waals surface area contributed by atoms with E-state index in [1.807, 2.05) is 27.7 Å². The summed E-state index contributed by atoms with van der Waals surface area (Å²) in [5.74, 6) is -0.752. The van der Waals surface area contributed by atoms with Crippen LogP contribution in [0, 0.1) is 0 Å². The molecule has 0 aromatic rings. The van der Waals surface area contributed by atoms with Crippen molar-refractivity contribution in [1.29, 1.82) is 0 Å². The molecule has 0 saturated carbocycles. The fourth-order valence-corrected chi connectivity index (χ4v) is 0.324. The predicted octanol–water partition coefficient (Wildman–Crippen LogP) is 4.21. The van der Waals surface area contributed by atoms with Gasteiger partial charge in [0.25, 0.3) is 0 Å². The maximum absolute atomic E-state index is 10.5. The third-order valence-electron chi connectivity index (χ3n) is 1.23. The van der Waals surface area contributed by atoms with Crippen molar-refractivity contribution in [1.82, 2.24) is 5.06 Å². The Labute approximate surface area is 222 Å². The summed E-state index contributed by atoms with van der Waals surface area (Å²) < 4.78 is 0. The average molecular weight is 1200 g/mol. The molecule has 10 heteroatoms. The first-order valence-corrected chi connectivity index (χ1v) is 6.01. The van der Waals surface area contributed by atoms with Gasteiger partial charge >= 0.3 is 5.97 Å². The van der Waals surface area contributed by atoms with Crippen LogP contribution in [0.1, 0.15) is 69.2 Å². The number of aliphatic carboxylic acids is 1. The molecular formula is C14H37NO4W5. The van der Waals surface area contributed by atoms with E-state index in [-0.39, 0.29) is 133 Å². The van der Waals surface area contributed by atoms with E-state index in [1.54, 1.807) is 20.9 Å². The van der Waals surface area contributed by atoms with Gasteiger partial charge in [-0.05, 0) is 0 Å². The number of carbonyl (C=O) groups is 2. The molecule has 0 atom stereocenters. The number of hydroxylamine groups is 2. The smallest absolute Gasteiger partial charge is 0.303 e. The Morgan fingerprint density at radius 1 is 0.833 bits per heavy atom. The zero-order chi connectivity index (χ0) is 14.9. The van der Waals surface area contributed by atoms with E-state index in [0.29, 0.717) is 6.42 Å². The number of carbonyl (C=O) groups excluding carboxylic acids is 1. The van der Waals surface area contributed by atoms with Crippen LogP contribution in [0.5, 0.6) is 0 Å². The number of nitrogens with zero attached hydrogens (tertiary/aromatic N) is 1. The zero-order valence-electron chi connectivity index (χ0n) is 14.6. The molecule has 0 aromatic carbocycles. The first-order valence-electron chi connectivity index (χ1n) is 6.01. The minimum atomic E-state index is -0.745. The molecule has 0 spiro atoms. The van der Waals surface area contributed by atoms with Crippen LogP contribution in [0.15, 0.2) is 0 Å². The minimum absolute atomic E-state index is 0. The largest absolute Gasteiger partial charge is 0.481 e. The summed E-state index contributed by atoms with van der Waals surface area (Å²) in [6, 6.07) is 0. The van der Waals surface area contributed by atoms with Crippen LogP contribution in [0.2, 0.25) is 0 Å². The van der Waals surface area contributed by atoms with Crippen molar-refractivity contribution in [2.45, 2.75) is 69.2 Å². The summed E-state index contributed by atoms with van der Waals surface area (Å²) in [6.07, 6.45) is 0.713. The molecular weight excluding hydrogens is 1170 g/mol. The van der Waals surface area contributed by atoms with Gasteiger partial charge in [-0.2, -0.15) is 0 Å². The van der Waals surface area contributed by atoms with Crippen molar-refractivity contribution in [2.24, 2.45) is 0 Å².